The Labute approximate surface area is 162 Å². The summed E-state index contributed by atoms with van der Waals surface area (Å²) < 4.78 is 10.7. The third-order valence-corrected chi connectivity index (χ3v) is 4.79. The molecule has 0 unspecified atom stereocenters. The van der Waals surface area contributed by atoms with Crippen LogP contribution in [-0.4, -0.2) is 25.2 Å². The predicted octanol–water partition coefficient (Wildman–Crippen LogP) is 4.18. The van der Waals surface area contributed by atoms with Crippen LogP contribution in [0.3, 0.4) is 0 Å². The number of carbonyl (C=O) groups is 1. The average Bonchev–Trinajstić information content (AvgIpc) is 2.74. The van der Waals surface area contributed by atoms with Gasteiger partial charge in [0.2, 0.25) is 0 Å². The maximum Gasteiger partial charge on any atom is 0.262 e. The van der Waals surface area contributed by atoms with Crippen molar-refractivity contribution in [3.63, 3.8) is 0 Å². The summed E-state index contributed by atoms with van der Waals surface area (Å²) >= 11 is 0. The Kier molecular flexibility index (Phi) is 4.53. The number of methoxy groups -OCH3 is 2. The van der Waals surface area contributed by atoms with E-state index in [4.69, 9.17) is 9.47 Å². The van der Waals surface area contributed by atoms with Crippen molar-refractivity contribution in [1.82, 2.24) is 0 Å². The molecule has 28 heavy (non-hydrogen) atoms. The van der Waals surface area contributed by atoms with Gasteiger partial charge in [-0.2, -0.15) is 0 Å². The van der Waals surface area contributed by atoms with Crippen LogP contribution in [0.25, 0.3) is 0 Å². The Morgan fingerprint density at radius 3 is 2.43 bits per heavy atom. The molecule has 1 aliphatic rings. The minimum Gasteiger partial charge on any atom is -0.504 e. The summed E-state index contributed by atoms with van der Waals surface area (Å²) in [6, 6.07) is 19.8. The van der Waals surface area contributed by atoms with Gasteiger partial charge >= 0.3 is 0 Å². The number of phenols is 1. The van der Waals surface area contributed by atoms with Crippen LogP contribution in [0.2, 0.25) is 0 Å². The molecule has 3 aromatic rings. The molecule has 1 heterocycles. The molecule has 142 valence electrons. The average molecular weight is 376 g/mol. The number of anilines is 2. The third kappa shape index (κ3) is 2.89. The lowest BCUT2D eigenvalue weighted by molar-refractivity contribution is 0.0974. The van der Waals surface area contributed by atoms with Crippen LogP contribution in [0.1, 0.15) is 22.1 Å². The Balaban J connectivity index is 1.90. The van der Waals surface area contributed by atoms with Crippen molar-refractivity contribution in [3.05, 3.63) is 77.9 Å². The molecule has 0 saturated heterocycles. The molecule has 1 amide bonds. The Hall–Kier alpha value is -3.67. The van der Waals surface area contributed by atoms with E-state index in [0.29, 0.717) is 22.7 Å². The first-order valence-corrected chi connectivity index (χ1v) is 8.83. The third-order valence-electron chi connectivity index (χ3n) is 4.79. The number of phenolic OH excluding ortho intramolecular Hbond substituents is 1. The molecule has 6 heteroatoms. The number of nitrogens with zero attached hydrogens (tertiary/aromatic N) is 1. The number of benzene rings is 3. The maximum atomic E-state index is 13.4. The van der Waals surface area contributed by atoms with Crippen molar-refractivity contribution in [3.8, 4) is 17.2 Å². The van der Waals surface area contributed by atoms with Crippen LogP contribution in [0.15, 0.2) is 66.7 Å². The van der Waals surface area contributed by atoms with Crippen LogP contribution < -0.4 is 19.7 Å². The normalized spacial score (nSPS) is 15.6. The first-order chi connectivity index (χ1) is 13.6. The number of hydrogen-bond donors (Lipinski definition) is 2. The fraction of sp³-hybridized carbons (Fsp3) is 0.136. The van der Waals surface area contributed by atoms with Crippen molar-refractivity contribution < 1.29 is 19.4 Å². The van der Waals surface area contributed by atoms with Gasteiger partial charge in [0.05, 0.1) is 25.5 Å². The molecule has 3 aromatic carbocycles. The second kappa shape index (κ2) is 7.15. The molecule has 0 spiro atoms. The summed E-state index contributed by atoms with van der Waals surface area (Å²) in [5.74, 6) is 0.826. The summed E-state index contributed by atoms with van der Waals surface area (Å²) in [5.41, 5.74) is 2.74. The SMILES string of the molecule is COc1cc([C@@H]2Nc3ccccc3C(=O)N2c2ccccc2OC)ccc1O. The predicted molar refractivity (Wildman–Crippen MR) is 107 cm³/mol. The van der Waals surface area contributed by atoms with E-state index in [0.717, 1.165) is 11.3 Å². The Morgan fingerprint density at radius 2 is 1.64 bits per heavy atom. The van der Waals surface area contributed by atoms with Crippen molar-refractivity contribution in [1.29, 1.82) is 0 Å². The van der Waals surface area contributed by atoms with E-state index in [9.17, 15) is 9.90 Å². The van der Waals surface area contributed by atoms with Gasteiger partial charge in [-0.3, -0.25) is 9.69 Å². The zero-order chi connectivity index (χ0) is 19.7. The topological polar surface area (TPSA) is 71.0 Å². The Bertz CT molecular complexity index is 1030. The van der Waals surface area contributed by atoms with Crippen molar-refractivity contribution in [2.75, 3.05) is 24.4 Å². The van der Waals surface area contributed by atoms with Gasteiger partial charge in [-0.15, -0.1) is 0 Å². The van der Waals surface area contributed by atoms with E-state index in [1.165, 1.54) is 7.11 Å². The summed E-state index contributed by atoms with van der Waals surface area (Å²) in [4.78, 5) is 15.1. The number of para-hydroxylation sites is 3. The van der Waals surface area contributed by atoms with Gasteiger partial charge in [0.1, 0.15) is 11.9 Å². The van der Waals surface area contributed by atoms with Crippen LogP contribution >= 0.6 is 0 Å². The van der Waals surface area contributed by atoms with Gasteiger partial charge in [0, 0.05) is 5.69 Å². The molecule has 0 aromatic heterocycles. The van der Waals surface area contributed by atoms with Gasteiger partial charge in [0.25, 0.3) is 5.91 Å². The van der Waals surface area contributed by atoms with E-state index in [-0.39, 0.29) is 11.7 Å². The summed E-state index contributed by atoms with van der Waals surface area (Å²) in [6.07, 6.45) is -0.506. The molecule has 0 radical (unpaired) electrons. The molecule has 1 atom stereocenters. The second-order valence-electron chi connectivity index (χ2n) is 6.37. The molecule has 2 N–H and O–H groups in total. The van der Waals surface area contributed by atoms with Crippen LogP contribution in [-0.2, 0) is 0 Å². The molecule has 0 bridgehead atoms. The minimum absolute atomic E-state index is 0.0395. The van der Waals surface area contributed by atoms with E-state index in [2.05, 4.69) is 5.32 Å². The zero-order valence-electron chi connectivity index (χ0n) is 15.5. The standard InChI is InChI=1S/C22H20N2O4/c1-27-19-10-6-5-9-17(19)24-21(14-11-12-18(25)20(13-14)28-2)23-16-8-4-3-7-15(16)22(24)26/h3-13,21,23,25H,1-2H3/t21-/m1/s1. The molecular formula is C22H20N2O4. The first kappa shape index (κ1) is 17.7. The van der Waals surface area contributed by atoms with Crippen molar-refractivity contribution in [2.45, 2.75) is 6.17 Å². The summed E-state index contributed by atoms with van der Waals surface area (Å²) in [6.45, 7) is 0. The van der Waals surface area contributed by atoms with Crippen molar-refractivity contribution in [2.24, 2.45) is 0 Å². The molecule has 0 fully saturated rings. The van der Waals surface area contributed by atoms with Gasteiger partial charge in [-0.05, 0) is 42.0 Å². The van der Waals surface area contributed by atoms with Crippen LogP contribution in [0.4, 0.5) is 11.4 Å². The quantitative estimate of drug-likeness (QED) is 0.715. The number of fused-ring (bicyclic) bond motifs is 1. The highest BCUT2D eigenvalue weighted by molar-refractivity contribution is 6.12. The molecule has 6 nitrogen and oxygen atoms in total. The lowest BCUT2D eigenvalue weighted by Gasteiger charge is -2.38. The van der Waals surface area contributed by atoms with Gasteiger partial charge < -0.3 is 19.9 Å². The lowest BCUT2D eigenvalue weighted by Crippen LogP contribution is -2.43. The number of nitrogens with one attached hydrogen (secondary N) is 1. The van der Waals surface area contributed by atoms with E-state index >= 15 is 0 Å². The van der Waals surface area contributed by atoms with Gasteiger partial charge in [0.15, 0.2) is 11.5 Å². The Morgan fingerprint density at radius 1 is 0.929 bits per heavy atom. The largest absolute Gasteiger partial charge is 0.504 e. The number of amides is 1. The van der Waals surface area contributed by atoms with Crippen molar-refractivity contribution >= 4 is 17.3 Å². The molecule has 4 rings (SSSR count). The van der Waals surface area contributed by atoms with Crippen LogP contribution in [0, 0.1) is 0 Å². The fourth-order valence-corrected chi connectivity index (χ4v) is 3.43. The highest BCUT2D eigenvalue weighted by Gasteiger charge is 2.35. The summed E-state index contributed by atoms with van der Waals surface area (Å²) in [7, 11) is 3.07. The van der Waals surface area contributed by atoms with Crippen LogP contribution in [0.5, 0.6) is 17.2 Å². The molecule has 0 saturated carbocycles. The van der Waals surface area contributed by atoms with E-state index in [1.807, 2.05) is 42.5 Å². The van der Waals surface area contributed by atoms with E-state index < -0.39 is 6.17 Å². The molecule has 1 aliphatic heterocycles. The summed E-state index contributed by atoms with van der Waals surface area (Å²) in [5, 5.41) is 13.4. The second-order valence-corrected chi connectivity index (χ2v) is 6.37. The first-order valence-electron chi connectivity index (χ1n) is 8.83. The molecular weight excluding hydrogens is 356 g/mol. The van der Waals surface area contributed by atoms with E-state index in [1.54, 1.807) is 36.3 Å². The molecule has 0 aliphatic carbocycles. The number of aromatic hydroxyl groups is 1. The zero-order valence-corrected chi connectivity index (χ0v) is 15.5. The maximum absolute atomic E-state index is 13.4. The van der Waals surface area contributed by atoms with Gasteiger partial charge in [-0.1, -0.05) is 30.3 Å². The monoisotopic (exact) mass is 376 g/mol. The fourth-order valence-electron chi connectivity index (χ4n) is 3.43. The number of ether oxygens (including phenoxy) is 2. The highest BCUT2D eigenvalue weighted by Crippen LogP contribution is 2.41. The van der Waals surface area contributed by atoms with Gasteiger partial charge in [-0.25, -0.2) is 0 Å². The number of hydrogen-bond acceptors (Lipinski definition) is 5. The highest BCUT2D eigenvalue weighted by atomic mass is 16.5. The lowest BCUT2D eigenvalue weighted by atomic mass is 10.0. The smallest absolute Gasteiger partial charge is 0.262 e. The number of carbonyl (C=O) groups excluding carboxylic acids is 1. The minimum atomic E-state index is -0.506. The number of rotatable bonds is 4.